The van der Waals surface area contributed by atoms with E-state index in [1.807, 2.05) is 30.3 Å². The number of rotatable bonds is 4. The fraction of sp³-hybridized carbons (Fsp3) is 0.118. The van der Waals surface area contributed by atoms with Crippen LogP contribution in [0.5, 0.6) is 0 Å². The van der Waals surface area contributed by atoms with Crippen LogP contribution >= 0.6 is 11.6 Å². The van der Waals surface area contributed by atoms with E-state index >= 15 is 0 Å². The Morgan fingerprint density at radius 3 is 2.75 bits per heavy atom. The molecule has 0 aliphatic heterocycles. The van der Waals surface area contributed by atoms with Gasteiger partial charge in [-0.25, -0.2) is 14.1 Å². The maximum absolute atomic E-state index is 14.0. The summed E-state index contributed by atoms with van der Waals surface area (Å²) in [5.41, 5.74) is 1.62. The van der Waals surface area contributed by atoms with Gasteiger partial charge in [0.2, 0.25) is 5.82 Å². The van der Waals surface area contributed by atoms with Gasteiger partial charge in [0.25, 0.3) is 5.91 Å². The van der Waals surface area contributed by atoms with Crippen LogP contribution in [0.4, 0.5) is 10.1 Å². The van der Waals surface area contributed by atoms with Crippen molar-refractivity contribution < 1.29 is 9.18 Å². The topological polar surface area (TPSA) is 59.8 Å². The van der Waals surface area contributed by atoms with Gasteiger partial charge in [0.05, 0.1) is 17.3 Å². The first-order valence-corrected chi connectivity index (χ1v) is 7.61. The van der Waals surface area contributed by atoms with Gasteiger partial charge in [0, 0.05) is 0 Å². The van der Waals surface area contributed by atoms with E-state index in [4.69, 9.17) is 11.6 Å². The summed E-state index contributed by atoms with van der Waals surface area (Å²) in [6, 6.07) is 12.7. The quantitative estimate of drug-likeness (QED) is 0.785. The van der Waals surface area contributed by atoms with Crippen LogP contribution in [0.15, 0.2) is 48.8 Å². The van der Waals surface area contributed by atoms with Gasteiger partial charge in [-0.3, -0.25) is 4.79 Å². The van der Waals surface area contributed by atoms with Crippen molar-refractivity contribution in [2.75, 3.05) is 5.32 Å². The molecule has 0 bridgehead atoms. The number of benzene rings is 2. The van der Waals surface area contributed by atoms with E-state index in [0.29, 0.717) is 12.1 Å². The Bertz CT molecular complexity index is 880. The van der Waals surface area contributed by atoms with Crippen molar-refractivity contribution in [2.45, 2.75) is 13.5 Å². The normalized spacial score (nSPS) is 10.6. The SMILES string of the molecule is Cc1ccc(NC(=O)c2ncn(Cc3ccccc3)n2)c(F)c1Cl. The zero-order valence-corrected chi connectivity index (χ0v) is 13.6. The molecule has 0 unspecified atom stereocenters. The summed E-state index contributed by atoms with van der Waals surface area (Å²) in [5, 5.41) is 6.53. The Hall–Kier alpha value is -2.73. The molecule has 0 radical (unpaired) electrons. The molecule has 7 heteroatoms. The van der Waals surface area contributed by atoms with E-state index in [-0.39, 0.29) is 16.5 Å². The van der Waals surface area contributed by atoms with Gasteiger partial charge in [0.15, 0.2) is 5.82 Å². The third kappa shape index (κ3) is 3.44. The minimum atomic E-state index is -0.672. The number of nitrogens with zero attached hydrogens (tertiary/aromatic N) is 3. The van der Waals surface area contributed by atoms with Crippen molar-refractivity contribution >= 4 is 23.2 Å². The molecule has 24 heavy (non-hydrogen) atoms. The Kier molecular flexibility index (Phi) is 4.57. The number of carbonyl (C=O) groups is 1. The molecule has 122 valence electrons. The highest BCUT2D eigenvalue weighted by atomic mass is 35.5. The second-order valence-electron chi connectivity index (χ2n) is 5.26. The van der Waals surface area contributed by atoms with Gasteiger partial charge in [-0.15, -0.1) is 5.10 Å². The molecular formula is C17H14ClFN4O. The van der Waals surface area contributed by atoms with E-state index in [9.17, 15) is 9.18 Å². The molecule has 0 fully saturated rings. The highest BCUT2D eigenvalue weighted by molar-refractivity contribution is 6.31. The maximum atomic E-state index is 14.0. The van der Waals surface area contributed by atoms with Crippen LogP contribution in [0.1, 0.15) is 21.7 Å². The van der Waals surface area contributed by atoms with Gasteiger partial charge in [0.1, 0.15) is 6.33 Å². The molecule has 1 N–H and O–H groups in total. The van der Waals surface area contributed by atoms with E-state index in [0.717, 1.165) is 5.56 Å². The van der Waals surface area contributed by atoms with Crippen LogP contribution in [0.2, 0.25) is 5.02 Å². The fourth-order valence-electron chi connectivity index (χ4n) is 2.17. The van der Waals surface area contributed by atoms with Crippen LogP contribution < -0.4 is 5.32 Å². The summed E-state index contributed by atoms with van der Waals surface area (Å²) < 4.78 is 15.6. The number of hydrogen-bond donors (Lipinski definition) is 1. The van der Waals surface area contributed by atoms with Crippen molar-refractivity contribution in [1.29, 1.82) is 0 Å². The average molecular weight is 345 g/mol. The number of aromatic nitrogens is 3. The number of hydrogen-bond acceptors (Lipinski definition) is 3. The van der Waals surface area contributed by atoms with E-state index in [2.05, 4.69) is 15.4 Å². The van der Waals surface area contributed by atoms with Crippen LogP contribution in [0, 0.1) is 12.7 Å². The van der Waals surface area contributed by atoms with Gasteiger partial charge in [-0.2, -0.15) is 0 Å². The molecule has 0 saturated heterocycles. The Morgan fingerprint density at radius 2 is 2.00 bits per heavy atom. The fourth-order valence-corrected chi connectivity index (χ4v) is 2.33. The van der Waals surface area contributed by atoms with Crippen LogP contribution in [0.25, 0.3) is 0 Å². The van der Waals surface area contributed by atoms with Crippen molar-refractivity contribution in [2.24, 2.45) is 0 Å². The molecule has 1 heterocycles. The van der Waals surface area contributed by atoms with E-state index in [1.54, 1.807) is 17.7 Å². The largest absolute Gasteiger partial charge is 0.317 e. The lowest BCUT2D eigenvalue weighted by atomic mass is 10.2. The van der Waals surface area contributed by atoms with Crippen LogP contribution in [-0.4, -0.2) is 20.7 Å². The summed E-state index contributed by atoms with van der Waals surface area (Å²) in [6.07, 6.45) is 1.46. The zero-order valence-electron chi connectivity index (χ0n) is 12.8. The zero-order chi connectivity index (χ0) is 17.1. The molecule has 0 atom stereocenters. The molecule has 0 saturated carbocycles. The van der Waals surface area contributed by atoms with E-state index in [1.165, 1.54) is 12.4 Å². The molecule has 0 aliphatic rings. The minimum absolute atomic E-state index is 0.00462. The summed E-state index contributed by atoms with van der Waals surface area (Å²) >= 11 is 5.85. The molecule has 0 aliphatic carbocycles. The summed E-state index contributed by atoms with van der Waals surface area (Å²) in [7, 11) is 0. The second-order valence-corrected chi connectivity index (χ2v) is 5.64. The second kappa shape index (κ2) is 6.80. The lowest BCUT2D eigenvalue weighted by Gasteiger charge is -2.07. The first-order chi connectivity index (χ1) is 11.5. The third-order valence-electron chi connectivity index (χ3n) is 3.45. The summed E-state index contributed by atoms with van der Waals surface area (Å²) in [4.78, 5) is 16.1. The molecule has 3 rings (SSSR count). The molecule has 3 aromatic rings. The maximum Gasteiger partial charge on any atom is 0.295 e. The number of halogens is 2. The molecule has 2 aromatic carbocycles. The van der Waals surface area contributed by atoms with Gasteiger partial charge in [-0.05, 0) is 24.1 Å². The van der Waals surface area contributed by atoms with Crippen molar-refractivity contribution in [3.8, 4) is 0 Å². The summed E-state index contributed by atoms with van der Waals surface area (Å²) in [5.74, 6) is -1.31. The molecule has 1 amide bonds. The first-order valence-electron chi connectivity index (χ1n) is 7.24. The number of carbonyl (C=O) groups excluding carboxylic acids is 1. The highest BCUT2D eigenvalue weighted by Crippen LogP contribution is 2.26. The number of aryl methyl sites for hydroxylation is 1. The Balaban J connectivity index is 1.73. The highest BCUT2D eigenvalue weighted by Gasteiger charge is 2.16. The monoisotopic (exact) mass is 344 g/mol. The molecule has 0 spiro atoms. The smallest absolute Gasteiger partial charge is 0.295 e. The standard InChI is InChI=1S/C17H14ClFN4O/c1-11-7-8-13(15(19)14(11)18)21-17(24)16-20-10-23(22-16)9-12-5-3-2-4-6-12/h2-8,10H,9H2,1H3,(H,21,24). The third-order valence-corrected chi connectivity index (χ3v) is 3.91. The van der Waals surface area contributed by atoms with Crippen LogP contribution in [0.3, 0.4) is 0 Å². The number of amides is 1. The van der Waals surface area contributed by atoms with Gasteiger partial charge >= 0.3 is 0 Å². The average Bonchev–Trinajstić information content (AvgIpc) is 3.05. The van der Waals surface area contributed by atoms with Crippen molar-refractivity contribution in [3.63, 3.8) is 0 Å². The molecule has 5 nitrogen and oxygen atoms in total. The lowest BCUT2D eigenvalue weighted by Crippen LogP contribution is -2.15. The minimum Gasteiger partial charge on any atom is -0.317 e. The predicted octanol–water partition coefficient (Wildman–Crippen LogP) is 3.68. The van der Waals surface area contributed by atoms with Crippen LogP contribution in [-0.2, 0) is 6.54 Å². The lowest BCUT2D eigenvalue weighted by molar-refractivity contribution is 0.101. The molecule has 1 aromatic heterocycles. The van der Waals surface area contributed by atoms with Gasteiger partial charge in [-0.1, -0.05) is 48.0 Å². The number of anilines is 1. The summed E-state index contributed by atoms with van der Waals surface area (Å²) in [6.45, 7) is 2.18. The molecular weight excluding hydrogens is 331 g/mol. The Labute approximate surface area is 143 Å². The Morgan fingerprint density at radius 1 is 1.25 bits per heavy atom. The van der Waals surface area contributed by atoms with E-state index < -0.39 is 11.7 Å². The van der Waals surface area contributed by atoms with Gasteiger partial charge < -0.3 is 5.32 Å². The number of nitrogens with one attached hydrogen (secondary N) is 1. The van der Waals surface area contributed by atoms with Crippen molar-refractivity contribution in [3.05, 3.63) is 76.6 Å². The predicted molar refractivity (Wildman–Crippen MR) is 89.7 cm³/mol. The first kappa shape index (κ1) is 16.1. The van der Waals surface area contributed by atoms with Crippen molar-refractivity contribution in [1.82, 2.24) is 14.8 Å².